The van der Waals surface area contributed by atoms with Crippen molar-refractivity contribution in [2.24, 2.45) is 11.5 Å². The number of carboxylic acids is 2. The first kappa shape index (κ1) is 32.7. The molecule has 1 aromatic heterocycles. The number of aromatic hydroxyl groups is 1. The van der Waals surface area contributed by atoms with Gasteiger partial charge in [-0.2, -0.15) is 0 Å². The number of phenolic OH excluding ortho intramolecular Hbond substituents is 1. The van der Waals surface area contributed by atoms with Crippen LogP contribution in [0.3, 0.4) is 0 Å². The molecule has 1 heterocycles. The minimum atomic E-state index is -1.52. The Hall–Kier alpha value is -4.50. The van der Waals surface area contributed by atoms with Gasteiger partial charge in [0.15, 0.2) is 0 Å². The normalized spacial score (nSPS) is 13.8. The summed E-state index contributed by atoms with van der Waals surface area (Å²) in [6.45, 7) is 0.362. The highest BCUT2D eigenvalue weighted by Gasteiger charge is 2.30. The fourth-order valence-corrected chi connectivity index (χ4v) is 3.91. The van der Waals surface area contributed by atoms with E-state index < -0.39 is 60.2 Å². The molecule has 0 aliphatic heterocycles. The van der Waals surface area contributed by atoms with Crippen molar-refractivity contribution in [1.82, 2.24) is 25.9 Å². The lowest BCUT2D eigenvalue weighted by Crippen LogP contribution is -2.57. The molecule has 41 heavy (non-hydrogen) atoms. The third-order valence-electron chi connectivity index (χ3n) is 6.18. The average molecular weight is 576 g/mol. The van der Waals surface area contributed by atoms with Gasteiger partial charge in [0.2, 0.25) is 17.7 Å². The first-order chi connectivity index (χ1) is 19.5. The summed E-state index contributed by atoms with van der Waals surface area (Å²) in [4.78, 5) is 68.7. The van der Waals surface area contributed by atoms with E-state index in [0.29, 0.717) is 30.6 Å². The zero-order chi connectivity index (χ0) is 30.4. The molecule has 0 bridgehead atoms. The van der Waals surface area contributed by atoms with Crippen molar-refractivity contribution in [2.75, 3.05) is 6.54 Å². The van der Waals surface area contributed by atoms with Crippen LogP contribution in [0.1, 0.15) is 43.4 Å². The molecule has 2 rings (SSSR count). The summed E-state index contributed by atoms with van der Waals surface area (Å²) in [5, 5.41) is 35.5. The van der Waals surface area contributed by atoms with E-state index in [4.69, 9.17) is 16.6 Å². The lowest BCUT2D eigenvalue weighted by atomic mass is 10.0. The van der Waals surface area contributed by atoms with Gasteiger partial charge in [-0.25, -0.2) is 9.78 Å². The number of H-pyrrole nitrogens is 1. The molecule has 1 aromatic carbocycles. The number of carboxylic acid groups (broad SMARTS) is 2. The molecule has 0 spiro atoms. The zero-order valence-corrected chi connectivity index (χ0v) is 22.4. The monoisotopic (exact) mass is 575 g/mol. The maximum absolute atomic E-state index is 13.4. The number of nitrogens with one attached hydrogen (secondary N) is 4. The van der Waals surface area contributed by atoms with Gasteiger partial charge in [0.05, 0.1) is 12.4 Å². The van der Waals surface area contributed by atoms with Crippen LogP contribution < -0.4 is 27.4 Å². The van der Waals surface area contributed by atoms with E-state index in [-0.39, 0.29) is 31.4 Å². The van der Waals surface area contributed by atoms with E-state index >= 15 is 0 Å². The number of carbonyl (C=O) groups excluding carboxylic acids is 3. The van der Waals surface area contributed by atoms with Crippen molar-refractivity contribution in [2.45, 2.75) is 69.1 Å². The van der Waals surface area contributed by atoms with Gasteiger partial charge in [-0.3, -0.25) is 19.2 Å². The van der Waals surface area contributed by atoms with Crippen molar-refractivity contribution in [3.8, 4) is 5.75 Å². The number of nitrogens with two attached hydrogens (primary N) is 2. The number of aromatic amines is 1. The minimum Gasteiger partial charge on any atom is -0.508 e. The minimum absolute atomic E-state index is 0.0208. The zero-order valence-electron chi connectivity index (χ0n) is 22.4. The number of phenols is 1. The number of aromatic nitrogens is 2. The number of nitrogens with zero attached hydrogens (tertiary/aromatic N) is 1. The Morgan fingerprint density at radius 1 is 0.854 bits per heavy atom. The van der Waals surface area contributed by atoms with E-state index in [2.05, 4.69) is 25.9 Å². The number of rotatable bonds is 18. The molecule has 0 fully saturated rings. The highest BCUT2D eigenvalue weighted by atomic mass is 16.4. The first-order valence-electron chi connectivity index (χ1n) is 13.1. The molecule has 4 atom stereocenters. The van der Waals surface area contributed by atoms with Crippen molar-refractivity contribution in [3.63, 3.8) is 0 Å². The van der Waals surface area contributed by atoms with Crippen molar-refractivity contribution in [3.05, 3.63) is 48.0 Å². The van der Waals surface area contributed by atoms with E-state index in [1.165, 1.54) is 36.8 Å². The SMILES string of the molecule is NCCCCC(NC(=O)C(N)Cc1cnc[nH]1)C(=O)NC(Cc1ccc(O)cc1)C(=O)NC(CCC(=O)O)C(=O)O. The topological polar surface area (TPSA) is 263 Å². The van der Waals surface area contributed by atoms with E-state index in [0.717, 1.165) is 0 Å². The Labute approximate surface area is 236 Å². The predicted octanol–water partition coefficient (Wildman–Crippen LogP) is -1.24. The maximum Gasteiger partial charge on any atom is 0.326 e. The van der Waals surface area contributed by atoms with E-state index in [1.54, 1.807) is 0 Å². The predicted molar refractivity (Wildman–Crippen MR) is 145 cm³/mol. The van der Waals surface area contributed by atoms with Gasteiger partial charge in [-0.15, -0.1) is 0 Å². The standard InChI is InChI=1S/C26H37N7O8/c27-10-2-1-3-19(31-23(37)18(28)12-16-13-29-14-30-16)24(38)33-21(11-15-4-6-17(34)7-5-15)25(39)32-20(26(40)41)8-9-22(35)36/h4-7,13-14,18-21,34H,1-3,8-12,27-28H2,(H,29,30)(H,31,37)(H,32,39)(H,33,38)(H,35,36)(H,40,41). The Balaban J connectivity index is 2.22. The van der Waals surface area contributed by atoms with Gasteiger partial charge < -0.3 is 47.7 Å². The fraction of sp³-hybridized carbons (Fsp3) is 0.462. The highest BCUT2D eigenvalue weighted by molar-refractivity contribution is 5.94. The number of carbonyl (C=O) groups is 5. The van der Waals surface area contributed by atoms with E-state index in [1.807, 2.05) is 0 Å². The smallest absolute Gasteiger partial charge is 0.326 e. The second-order valence-electron chi connectivity index (χ2n) is 9.50. The van der Waals surface area contributed by atoms with Crippen LogP contribution in [0.25, 0.3) is 0 Å². The van der Waals surface area contributed by atoms with Gasteiger partial charge in [-0.05, 0) is 49.9 Å². The van der Waals surface area contributed by atoms with E-state index in [9.17, 15) is 34.2 Å². The Morgan fingerprint density at radius 2 is 1.49 bits per heavy atom. The fourth-order valence-electron chi connectivity index (χ4n) is 3.91. The number of hydrogen-bond acceptors (Lipinski definition) is 9. The molecule has 0 radical (unpaired) electrons. The molecule has 15 nitrogen and oxygen atoms in total. The van der Waals surface area contributed by atoms with Crippen LogP contribution in [0.4, 0.5) is 0 Å². The molecule has 0 aliphatic rings. The Bertz CT molecular complexity index is 1160. The lowest BCUT2D eigenvalue weighted by Gasteiger charge is -2.25. The van der Waals surface area contributed by atoms with Crippen molar-refractivity contribution < 1.29 is 39.3 Å². The van der Waals surface area contributed by atoms with Crippen molar-refractivity contribution in [1.29, 1.82) is 0 Å². The Kier molecular flexibility index (Phi) is 13.2. The average Bonchev–Trinajstić information content (AvgIpc) is 3.43. The van der Waals surface area contributed by atoms with Crippen LogP contribution in [-0.4, -0.2) is 85.7 Å². The summed E-state index contributed by atoms with van der Waals surface area (Å²) in [5.74, 6) is -4.87. The molecular formula is C26H37N7O8. The second-order valence-corrected chi connectivity index (χ2v) is 9.50. The third kappa shape index (κ3) is 11.6. The van der Waals surface area contributed by atoms with Gasteiger partial charge in [0, 0.05) is 31.2 Å². The summed E-state index contributed by atoms with van der Waals surface area (Å²) in [5.41, 5.74) is 12.7. The van der Waals surface area contributed by atoms with Crippen LogP contribution >= 0.6 is 0 Å². The third-order valence-corrected chi connectivity index (χ3v) is 6.18. The summed E-state index contributed by atoms with van der Waals surface area (Å²) >= 11 is 0. The number of amides is 3. The number of unbranched alkanes of at least 4 members (excludes halogenated alkanes) is 1. The molecule has 4 unspecified atom stereocenters. The molecule has 3 amide bonds. The summed E-state index contributed by atoms with van der Waals surface area (Å²) < 4.78 is 0. The Morgan fingerprint density at radius 3 is 2.07 bits per heavy atom. The van der Waals surface area contributed by atoms with Gasteiger partial charge in [0.25, 0.3) is 0 Å². The number of imidazole rings is 1. The van der Waals surface area contributed by atoms with Crippen LogP contribution in [0, 0.1) is 0 Å². The van der Waals surface area contributed by atoms with Crippen LogP contribution in [-0.2, 0) is 36.8 Å². The number of benzene rings is 1. The van der Waals surface area contributed by atoms with Crippen LogP contribution in [0.5, 0.6) is 5.75 Å². The van der Waals surface area contributed by atoms with Gasteiger partial charge in [-0.1, -0.05) is 12.1 Å². The molecule has 15 heteroatoms. The second kappa shape index (κ2) is 16.6. The van der Waals surface area contributed by atoms with Crippen molar-refractivity contribution >= 4 is 29.7 Å². The van der Waals surface area contributed by atoms with Gasteiger partial charge >= 0.3 is 11.9 Å². The highest BCUT2D eigenvalue weighted by Crippen LogP contribution is 2.13. The summed E-state index contributed by atoms with van der Waals surface area (Å²) in [7, 11) is 0. The molecule has 2 aromatic rings. The number of aliphatic carboxylic acids is 2. The molecule has 11 N–H and O–H groups in total. The number of hydrogen-bond donors (Lipinski definition) is 9. The maximum atomic E-state index is 13.4. The largest absolute Gasteiger partial charge is 0.508 e. The van der Waals surface area contributed by atoms with Crippen LogP contribution in [0.2, 0.25) is 0 Å². The molecule has 224 valence electrons. The van der Waals surface area contributed by atoms with Crippen LogP contribution in [0.15, 0.2) is 36.8 Å². The van der Waals surface area contributed by atoms with Gasteiger partial charge in [0.1, 0.15) is 23.9 Å². The molecule has 0 aliphatic carbocycles. The molecule has 0 saturated carbocycles. The first-order valence-corrected chi connectivity index (χ1v) is 13.1. The summed E-state index contributed by atoms with van der Waals surface area (Å²) in [6.07, 6.45) is 3.38. The lowest BCUT2D eigenvalue weighted by molar-refractivity contribution is -0.143. The molecular weight excluding hydrogens is 538 g/mol. The quantitative estimate of drug-likeness (QED) is 0.0949. The molecule has 0 saturated heterocycles. The summed E-state index contributed by atoms with van der Waals surface area (Å²) in [6, 6.07) is 0.920.